The predicted octanol–water partition coefficient (Wildman–Crippen LogP) is 4.73. The van der Waals surface area contributed by atoms with Crippen LogP contribution in [0.15, 0.2) is 36.4 Å². The van der Waals surface area contributed by atoms with Gasteiger partial charge in [-0.1, -0.05) is 29.3 Å². The summed E-state index contributed by atoms with van der Waals surface area (Å²) in [6.07, 6.45) is -5.01. The largest absolute Gasteiger partial charge is 0.573 e. The van der Waals surface area contributed by atoms with E-state index in [4.69, 9.17) is 33.7 Å². The minimum Gasteiger partial charge on any atom is -0.487 e. The molecule has 10 nitrogen and oxygen atoms in total. The van der Waals surface area contributed by atoms with Gasteiger partial charge in [0, 0.05) is 35.4 Å². The number of rotatable bonds is 10. The molecule has 0 fully saturated rings. The van der Waals surface area contributed by atoms with E-state index in [1.54, 1.807) is 31.2 Å². The molecule has 2 heterocycles. The lowest BCUT2D eigenvalue weighted by molar-refractivity contribution is -0.274. The number of amides is 2. The second-order valence-electron chi connectivity index (χ2n) is 9.01. The van der Waals surface area contributed by atoms with Gasteiger partial charge in [0.15, 0.2) is 0 Å². The van der Waals surface area contributed by atoms with Crippen molar-refractivity contribution >= 4 is 41.0 Å². The third-order valence-corrected chi connectivity index (χ3v) is 6.83. The number of carbonyl (C=O) groups is 3. The first-order valence-electron chi connectivity index (χ1n) is 12.0. The molecular formula is C26H23Cl2F3N4O6. The Balaban J connectivity index is 1.52. The minimum absolute atomic E-state index is 0.00304. The summed E-state index contributed by atoms with van der Waals surface area (Å²) >= 11 is 12.4. The van der Waals surface area contributed by atoms with Crippen LogP contribution < -0.4 is 15.2 Å². The molecule has 0 bridgehead atoms. The number of nitrogens with two attached hydrogens (primary N) is 1. The molecule has 0 radical (unpaired) electrons. The normalized spacial score (nSPS) is 13.6. The number of hydrogen-bond donors (Lipinski definition) is 1. The predicted molar refractivity (Wildman–Crippen MR) is 140 cm³/mol. The summed E-state index contributed by atoms with van der Waals surface area (Å²) in [5, 5.41) is 4.18. The number of fused-ring (bicyclic) bond motifs is 1. The van der Waals surface area contributed by atoms with Crippen molar-refractivity contribution in [1.29, 1.82) is 0 Å². The molecular weight excluding hydrogens is 592 g/mol. The van der Waals surface area contributed by atoms with Gasteiger partial charge in [0.1, 0.15) is 35.5 Å². The standard InChI is InChI=1S/C26H23Cl2F3N4O6/c1-13-8-14(33-35(13)23-18(27)9-15(10-19(23)28)41-26(29,30)31)12-40-21-5-3-4-16-17(21)11-34(25(16)38)20(24(32)37)6-7-22(36)39-2/h3-5,8-10,20H,6-7,11-12H2,1-2H3,(H2,32,37). The maximum absolute atomic E-state index is 13.1. The first kappa shape index (κ1) is 30.0. The van der Waals surface area contributed by atoms with E-state index >= 15 is 0 Å². The smallest absolute Gasteiger partial charge is 0.487 e. The molecule has 1 unspecified atom stereocenters. The number of nitrogens with zero attached hydrogens (tertiary/aromatic N) is 3. The average molecular weight is 615 g/mol. The second kappa shape index (κ2) is 11.9. The van der Waals surface area contributed by atoms with Gasteiger partial charge < -0.3 is 24.8 Å². The van der Waals surface area contributed by atoms with Crippen LogP contribution in [0.4, 0.5) is 13.2 Å². The number of aromatic nitrogens is 2. The summed E-state index contributed by atoms with van der Waals surface area (Å²) in [5.74, 6) is -1.93. The van der Waals surface area contributed by atoms with Crippen molar-refractivity contribution < 1.29 is 41.8 Å². The Morgan fingerprint density at radius 1 is 1.17 bits per heavy atom. The molecule has 15 heteroatoms. The van der Waals surface area contributed by atoms with Crippen LogP contribution in [0.5, 0.6) is 11.5 Å². The average Bonchev–Trinajstić information content (AvgIpc) is 3.41. The third kappa shape index (κ3) is 6.68. The highest BCUT2D eigenvalue weighted by atomic mass is 35.5. The zero-order valence-corrected chi connectivity index (χ0v) is 23.1. The van der Waals surface area contributed by atoms with E-state index in [1.165, 1.54) is 16.7 Å². The van der Waals surface area contributed by atoms with Crippen LogP contribution in [-0.2, 0) is 27.5 Å². The summed E-state index contributed by atoms with van der Waals surface area (Å²) < 4.78 is 53.6. The Labute approximate surface area is 241 Å². The highest BCUT2D eigenvalue weighted by Crippen LogP contribution is 2.37. The number of aryl methyl sites for hydroxylation is 1. The van der Waals surface area contributed by atoms with Gasteiger partial charge in [0.05, 0.1) is 23.7 Å². The van der Waals surface area contributed by atoms with Gasteiger partial charge >= 0.3 is 12.3 Å². The molecule has 4 rings (SSSR count). The summed E-state index contributed by atoms with van der Waals surface area (Å²) in [6, 6.07) is 7.48. The van der Waals surface area contributed by atoms with Gasteiger partial charge in [-0.2, -0.15) is 5.10 Å². The quantitative estimate of drug-likeness (QED) is 0.327. The van der Waals surface area contributed by atoms with Gasteiger partial charge in [-0.05, 0) is 31.5 Å². The third-order valence-electron chi connectivity index (χ3n) is 6.26. The molecule has 2 amide bonds. The van der Waals surface area contributed by atoms with E-state index in [0.29, 0.717) is 28.3 Å². The van der Waals surface area contributed by atoms with Gasteiger partial charge in [0.2, 0.25) is 5.91 Å². The van der Waals surface area contributed by atoms with Crippen molar-refractivity contribution in [3.63, 3.8) is 0 Å². The number of ether oxygens (including phenoxy) is 3. The molecule has 1 aromatic heterocycles. The van der Waals surface area contributed by atoms with E-state index in [2.05, 4.69) is 14.6 Å². The van der Waals surface area contributed by atoms with Crippen LogP contribution in [0, 0.1) is 6.92 Å². The lowest BCUT2D eigenvalue weighted by Crippen LogP contribution is -2.45. The van der Waals surface area contributed by atoms with Gasteiger partial charge in [0.25, 0.3) is 5.91 Å². The molecule has 2 N–H and O–H groups in total. The van der Waals surface area contributed by atoms with E-state index in [-0.39, 0.29) is 41.7 Å². The zero-order valence-electron chi connectivity index (χ0n) is 21.6. The Morgan fingerprint density at radius 2 is 1.85 bits per heavy atom. The molecule has 1 atom stereocenters. The lowest BCUT2D eigenvalue weighted by atomic mass is 10.1. The van der Waals surface area contributed by atoms with Crippen LogP contribution in [0.3, 0.4) is 0 Å². The summed E-state index contributed by atoms with van der Waals surface area (Å²) in [6.45, 7) is 1.67. The summed E-state index contributed by atoms with van der Waals surface area (Å²) in [7, 11) is 1.22. The molecule has 0 saturated heterocycles. The highest BCUT2D eigenvalue weighted by Gasteiger charge is 2.37. The number of primary amides is 1. The Bertz CT molecular complexity index is 1490. The number of halogens is 5. The monoisotopic (exact) mass is 614 g/mol. The molecule has 1 aliphatic heterocycles. The molecule has 218 valence electrons. The molecule has 3 aromatic rings. The molecule has 0 aliphatic carbocycles. The van der Waals surface area contributed by atoms with Gasteiger partial charge in [-0.15, -0.1) is 13.2 Å². The lowest BCUT2D eigenvalue weighted by Gasteiger charge is -2.24. The van der Waals surface area contributed by atoms with Crippen molar-refractivity contribution in [2.75, 3.05) is 7.11 Å². The SMILES string of the molecule is COC(=O)CCC(C(N)=O)N1Cc2c(OCc3cc(C)n(-c4c(Cl)cc(OC(F)(F)F)cc4Cl)n3)cccc2C1=O. The first-order chi connectivity index (χ1) is 19.3. The zero-order chi connectivity index (χ0) is 30.1. The number of carbonyl (C=O) groups excluding carboxylic acids is 3. The molecule has 0 saturated carbocycles. The molecule has 2 aromatic carbocycles. The molecule has 1 aliphatic rings. The number of esters is 1. The fourth-order valence-corrected chi connectivity index (χ4v) is 5.07. The van der Waals surface area contributed by atoms with Crippen molar-refractivity contribution in [2.45, 2.75) is 45.3 Å². The number of hydrogen-bond acceptors (Lipinski definition) is 7. The highest BCUT2D eigenvalue weighted by molar-refractivity contribution is 6.38. The number of alkyl halides is 3. The summed E-state index contributed by atoms with van der Waals surface area (Å²) in [4.78, 5) is 38.1. The maximum Gasteiger partial charge on any atom is 0.573 e. The fraction of sp³-hybridized carbons (Fsp3) is 0.308. The van der Waals surface area contributed by atoms with E-state index in [9.17, 15) is 27.6 Å². The van der Waals surface area contributed by atoms with Crippen LogP contribution in [0.1, 0.15) is 40.2 Å². The van der Waals surface area contributed by atoms with Crippen LogP contribution in [0.25, 0.3) is 5.69 Å². The summed E-state index contributed by atoms with van der Waals surface area (Å²) in [5.41, 5.74) is 7.53. The van der Waals surface area contributed by atoms with E-state index in [1.807, 2.05) is 0 Å². The number of benzene rings is 2. The van der Waals surface area contributed by atoms with E-state index in [0.717, 1.165) is 12.1 Å². The van der Waals surface area contributed by atoms with E-state index < -0.39 is 35.9 Å². The topological polar surface area (TPSA) is 126 Å². The van der Waals surface area contributed by atoms with Crippen LogP contribution in [0.2, 0.25) is 10.0 Å². The minimum atomic E-state index is -4.91. The van der Waals surface area contributed by atoms with Crippen molar-refractivity contribution in [3.05, 3.63) is 69.0 Å². The molecule has 41 heavy (non-hydrogen) atoms. The van der Waals surface area contributed by atoms with Gasteiger partial charge in [-0.25, -0.2) is 4.68 Å². The van der Waals surface area contributed by atoms with Crippen molar-refractivity contribution in [3.8, 4) is 17.2 Å². The van der Waals surface area contributed by atoms with Crippen molar-refractivity contribution in [2.24, 2.45) is 5.73 Å². The Kier molecular flexibility index (Phi) is 8.69. The maximum atomic E-state index is 13.1. The van der Waals surface area contributed by atoms with Crippen molar-refractivity contribution in [1.82, 2.24) is 14.7 Å². The molecule has 0 spiro atoms. The Hall–Kier alpha value is -3.97. The van der Waals surface area contributed by atoms with Crippen LogP contribution in [-0.4, -0.2) is 52.0 Å². The Morgan fingerprint density at radius 3 is 2.46 bits per heavy atom. The van der Waals surface area contributed by atoms with Crippen LogP contribution >= 0.6 is 23.2 Å². The van der Waals surface area contributed by atoms with Gasteiger partial charge in [-0.3, -0.25) is 14.4 Å². The first-order valence-corrected chi connectivity index (χ1v) is 12.8. The second-order valence-corrected chi connectivity index (χ2v) is 9.82. The number of methoxy groups -OCH3 is 1. The fourth-order valence-electron chi connectivity index (χ4n) is 4.45.